The summed E-state index contributed by atoms with van der Waals surface area (Å²) in [5, 5.41) is 11.0. The van der Waals surface area contributed by atoms with Gasteiger partial charge in [0.15, 0.2) is 0 Å². The fraction of sp³-hybridized carbons (Fsp3) is 0.472. The molecule has 1 unspecified atom stereocenters. The third kappa shape index (κ3) is 10.3. The van der Waals surface area contributed by atoms with Crippen molar-refractivity contribution < 1.29 is 0 Å². The van der Waals surface area contributed by atoms with Gasteiger partial charge in [-0.3, -0.25) is 0 Å². The highest BCUT2D eigenvalue weighted by molar-refractivity contribution is 6.35. The smallest absolute Gasteiger partial charge is 0.00141 e. The molecule has 5 rings (SSSR count). The van der Waals surface area contributed by atoms with E-state index in [1.807, 2.05) is 6.92 Å². The Morgan fingerprint density at radius 2 is 0.962 bits per heavy atom. The molecule has 0 radical (unpaired) electrons. The number of aryl methyl sites for hydroxylation is 1. The largest absolute Gasteiger partial charge is 0.103 e. The average Bonchev–Trinajstić information content (AvgIpc) is 3.15. The predicted octanol–water partition coefficient (Wildman–Crippen LogP) is 17.9. The maximum atomic E-state index is 4.77. The summed E-state index contributed by atoms with van der Waals surface area (Å²) in [7, 11) is 0. The van der Waals surface area contributed by atoms with E-state index in [1.165, 1.54) is 174 Å². The van der Waals surface area contributed by atoms with Crippen LogP contribution in [0.3, 0.4) is 0 Å². The zero-order chi connectivity index (χ0) is 38.3. The van der Waals surface area contributed by atoms with Crippen molar-refractivity contribution >= 4 is 59.8 Å². The number of rotatable bonds is 22. The summed E-state index contributed by atoms with van der Waals surface area (Å²) in [5.41, 5.74) is 8.91. The number of benzene rings is 5. The van der Waals surface area contributed by atoms with Crippen LogP contribution in [0.5, 0.6) is 0 Å². The second-order valence-electron chi connectivity index (χ2n) is 16.1. The second kappa shape index (κ2) is 21.3. The first-order chi connectivity index (χ1) is 25.7. The minimum atomic E-state index is 0.793. The van der Waals surface area contributed by atoms with E-state index in [1.54, 1.807) is 6.08 Å². The molecule has 0 aliphatic rings. The van der Waals surface area contributed by atoms with Crippen molar-refractivity contribution in [2.75, 3.05) is 0 Å². The summed E-state index contributed by atoms with van der Waals surface area (Å²) in [6, 6.07) is 19.1. The zero-order valence-corrected chi connectivity index (χ0v) is 34.8. The third-order valence-electron chi connectivity index (χ3n) is 11.6. The monoisotopic (exact) mass is 709 g/mol. The molecule has 5 aromatic carbocycles. The number of allylic oxidation sites excluding steroid dienone is 4. The van der Waals surface area contributed by atoms with Crippen LogP contribution < -0.4 is 0 Å². The van der Waals surface area contributed by atoms with Gasteiger partial charge in [-0.25, -0.2) is 0 Å². The van der Waals surface area contributed by atoms with Crippen LogP contribution >= 0.6 is 0 Å². The number of unbranched alkanes of at least 4 members (excludes halogenated alkanes) is 10. The summed E-state index contributed by atoms with van der Waals surface area (Å²) in [6.45, 7) is 30.2. The van der Waals surface area contributed by atoms with Gasteiger partial charge in [-0.1, -0.05) is 196 Å². The molecule has 0 fully saturated rings. The van der Waals surface area contributed by atoms with Gasteiger partial charge in [-0.05, 0) is 123 Å². The van der Waals surface area contributed by atoms with Crippen molar-refractivity contribution in [1.82, 2.24) is 0 Å². The minimum Gasteiger partial charge on any atom is -0.103 e. The van der Waals surface area contributed by atoms with E-state index >= 15 is 0 Å². The first-order valence-electron chi connectivity index (χ1n) is 21.5. The molecule has 0 bridgehead atoms. The zero-order valence-electron chi connectivity index (χ0n) is 34.8. The Morgan fingerprint density at radius 1 is 0.509 bits per heavy atom. The molecule has 0 amide bonds. The first-order valence-corrected chi connectivity index (χ1v) is 21.5. The summed E-state index contributed by atoms with van der Waals surface area (Å²) in [6.07, 6.45) is 25.3. The van der Waals surface area contributed by atoms with Gasteiger partial charge in [0.05, 0.1) is 0 Å². The van der Waals surface area contributed by atoms with E-state index < -0.39 is 0 Å². The summed E-state index contributed by atoms with van der Waals surface area (Å²) in [4.78, 5) is 0. The highest BCUT2D eigenvalue weighted by Crippen LogP contribution is 2.47. The molecule has 0 heterocycles. The van der Waals surface area contributed by atoms with Crippen LogP contribution in [0.2, 0.25) is 0 Å². The van der Waals surface area contributed by atoms with Gasteiger partial charge in [0, 0.05) is 0 Å². The lowest BCUT2D eigenvalue weighted by Crippen LogP contribution is -2.02. The molecule has 284 valence electrons. The fourth-order valence-corrected chi connectivity index (χ4v) is 8.84. The van der Waals surface area contributed by atoms with Crippen molar-refractivity contribution in [3.63, 3.8) is 0 Å². The van der Waals surface area contributed by atoms with E-state index in [0.29, 0.717) is 0 Å². The molecule has 1 atom stereocenters. The molecular weight excluding hydrogens is 637 g/mol. The Kier molecular flexibility index (Phi) is 16.9. The molecule has 0 aromatic heterocycles. The van der Waals surface area contributed by atoms with Crippen LogP contribution in [-0.2, 0) is 6.42 Å². The highest BCUT2D eigenvalue weighted by atomic mass is 14.2. The summed E-state index contributed by atoms with van der Waals surface area (Å²) in [5.74, 6) is 0.793. The van der Waals surface area contributed by atoms with Gasteiger partial charge < -0.3 is 0 Å². The number of hydrogen-bond donors (Lipinski definition) is 0. The lowest BCUT2D eigenvalue weighted by Gasteiger charge is -2.23. The van der Waals surface area contributed by atoms with Crippen LogP contribution in [0, 0.1) is 5.92 Å². The molecule has 0 aliphatic carbocycles. The molecule has 53 heavy (non-hydrogen) atoms. The van der Waals surface area contributed by atoms with Crippen molar-refractivity contribution in [3.8, 4) is 0 Å². The van der Waals surface area contributed by atoms with Crippen LogP contribution in [-0.4, -0.2) is 0 Å². The van der Waals surface area contributed by atoms with Crippen LogP contribution in [0.4, 0.5) is 0 Å². The lowest BCUT2D eigenvalue weighted by atomic mass is 9.81. The Balaban J connectivity index is 0.00000202. The SMILES string of the molecule is C=C(C)c1ccc2c3ccc(C(=C)C)c4c(C(=C)CCC(CCC)CCCCCC)ccc(c5ccc(CCCCCCCCCC)c1c25)c43.C=CC. The molecule has 0 nitrogen and oxygen atoms in total. The molecule has 0 aliphatic heterocycles. The molecule has 0 spiro atoms. The van der Waals surface area contributed by atoms with Crippen molar-refractivity contribution in [2.24, 2.45) is 5.92 Å². The third-order valence-corrected chi connectivity index (χ3v) is 11.6. The molecule has 0 saturated heterocycles. The maximum absolute atomic E-state index is 4.77. The average molecular weight is 709 g/mol. The molecule has 5 aromatic rings. The van der Waals surface area contributed by atoms with Crippen LogP contribution in [0.15, 0.2) is 80.9 Å². The fourth-order valence-electron chi connectivity index (χ4n) is 8.84. The van der Waals surface area contributed by atoms with E-state index in [4.69, 9.17) is 6.58 Å². The Bertz CT molecular complexity index is 1940. The normalized spacial score (nSPS) is 12.0. The van der Waals surface area contributed by atoms with E-state index in [-0.39, 0.29) is 0 Å². The van der Waals surface area contributed by atoms with Gasteiger partial charge in [-0.15, -0.1) is 6.58 Å². The van der Waals surface area contributed by atoms with Gasteiger partial charge in [0.1, 0.15) is 0 Å². The Labute approximate surface area is 324 Å². The molecule has 0 N–H and O–H groups in total. The van der Waals surface area contributed by atoms with Crippen molar-refractivity contribution in [2.45, 2.75) is 157 Å². The van der Waals surface area contributed by atoms with Crippen molar-refractivity contribution in [1.29, 1.82) is 0 Å². The van der Waals surface area contributed by atoms with Gasteiger partial charge in [0.2, 0.25) is 0 Å². The molecule has 0 heteroatoms. The Hall–Kier alpha value is -3.64. The molecule has 0 saturated carbocycles. The first kappa shape index (κ1) is 42.1. The van der Waals surface area contributed by atoms with E-state index in [0.717, 1.165) is 29.9 Å². The number of hydrogen-bond acceptors (Lipinski definition) is 0. The van der Waals surface area contributed by atoms with Gasteiger partial charge >= 0.3 is 0 Å². The second-order valence-corrected chi connectivity index (χ2v) is 16.1. The lowest BCUT2D eigenvalue weighted by molar-refractivity contribution is 0.400. The van der Waals surface area contributed by atoms with Crippen LogP contribution in [0.1, 0.15) is 173 Å². The predicted molar refractivity (Wildman–Crippen MR) is 245 cm³/mol. The number of fused-ring (bicyclic) bond motifs is 2. The topological polar surface area (TPSA) is 0 Å². The Morgan fingerprint density at radius 3 is 1.49 bits per heavy atom. The maximum Gasteiger partial charge on any atom is -0.00141 e. The van der Waals surface area contributed by atoms with E-state index in [2.05, 4.69) is 103 Å². The standard InChI is InChI=1S/C50H66.C3H6/c1-9-12-14-16-17-18-19-21-24-39-27-28-43-46-34-31-42(37(8)25-26-38(22-11-3)23-20-15-13-10-2)48-41(36(6)7)30-33-45(50(46)48)44-32-29-40(35(4)5)47(39)49(43)44;1-3-2/h27-34,38H,4,6,8-26H2,1-3,5,7H3;3H,1H2,2H3. The van der Waals surface area contributed by atoms with Crippen LogP contribution in [0.25, 0.3) is 59.8 Å². The van der Waals surface area contributed by atoms with Crippen molar-refractivity contribution in [3.05, 3.63) is 103 Å². The van der Waals surface area contributed by atoms with E-state index in [9.17, 15) is 0 Å². The quantitative estimate of drug-likeness (QED) is 0.0291. The molecular formula is C53H72. The summed E-state index contributed by atoms with van der Waals surface area (Å²) >= 11 is 0. The highest BCUT2D eigenvalue weighted by Gasteiger charge is 2.21. The minimum absolute atomic E-state index is 0.793. The summed E-state index contributed by atoms with van der Waals surface area (Å²) < 4.78 is 0. The van der Waals surface area contributed by atoms with Gasteiger partial charge in [-0.2, -0.15) is 0 Å². The van der Waals surface area contributed by atoms with Gasteiger partial charge in [0.25, 0.3) is 0 Å².